The number of carbonyl (C=O) groups excluding carboxylic acids is 1. The topological polar surface area (TPSA) is 130 Å². The zero-order valence-electron chi connectivity index (χ0n) is 12.1. The predicted molar refractivity (Wildman–Crippen MR) is 86.8 cm³/mol. The molecule has 9 nitrogen and oxygen atoms in total. The quantitative estimate of drug-likeness (QED) is 0.394. The number of anilines is 1. The summed E-state index contributed by atoms with van der Waals surface area (Å²) >= 11 is 0. The Bertz CT molecular complexity index is 1080. The van der Waals surface area contributed by atoms with Crippen LogP contribution in [0.2, 0.25) is 0 Å². The number of fused-ring (bicyclic) bond motifs is 3. The van der Waals surface area contributed by atoms with Crippen LogP contribution in [-0.4, -0.2) is 31.2 Å². The Morgan fingerprint density at radius 3 is 2.62 bits per heavy atom. The summed E-state index contributed by atoms with van der Waals surface area (Å²) in [6, 6.07) is 9.21. The van der Waals surface area contributed by atoms with Gasteiger partial charge in [-0.3, -0.25) is 25.1 Å². The predicted octanol–water partition coefficient (Wildman–Crippen LogP) is 2.60. The molecule has 0 aliphatic rings. The van der Waals surface area contributed by atoms with Crippen LogP contribution >= 0.6 is 0 Å². The van der Waals surface area contributed by atoms with E-state index in [-0.39, 0.29) is 11.6 Å². The summed E-state index contributed by atoms with van der Waals surface area (Å²) in [4.78, 5) is 22.6. The van der Waals surface area contributed by atoms with Crippen molar-refractivity contribution in [1.29, 1.82) is 0 Å². The molecule has 0 bridgehead atoms. The van der Waals surface area contributed by atoms with E-state index in [4.69, 9.17) is 0 Å². The summed E-state index contributed by atoms with van der Waals surface area (Å²) in [6.07, 6.45) is 1.65. The number of non-ortho nitro benzene ring substituents is 1. The van der Waals surface area contributed by atoms with Crippen molar-refractivity contribution in [2.75, 3.05) is 5.32 Å². The van der Waals surface area contributed by atoms with Crippen LogP contribution in [0.5, 0.6) is 0 Å². The fourth-order valence-corrected chi connectivity index (χ4v) is 2.53. The van der Waals surface area contributed by atoms with Crippen molar-refractivity contribution in [3.8, 4) is 0 Å². The van der Waals surface area contributed by atoms with Gasteiger partial charge < -0.3 is 5.32 Å². The average molecular weight is 322 g/mol. The van der Waals surface area contributed by atoms with E-state index in [2.05, 4.69) is 25.7 Å². The normalized spacial score (nSPS) is 11.0. The minimum atomic E-state index is -0.496. The lowest BCUT2D eigenvalue weighted by Crippen LogP contribution is -2.12. The zero-order valence-corrected chi connectivity index (χ0v) is 12.1. The molecule has 0 spiro atoms. The zero-order chi connectivity index (χ0) is 16.7. The van der Waals surface area contributed by atoms with Gasteiger partial charge in [0.2, 0.25) is 0 Å². The van der Waals surface area contributed by atoms with Gasteiger partial charge in [-0.05, 0) is 24.3 Å². The summed E-state index contributed by atoms with van der Waals surface area (Å²) in [6.45, 7) is 0. The van der Waals surface area contributed by atoms with Crippen LogP contribution in [0.25, 0.3) is 21.8 Å². The average Bonchev–Trinajstić information content (AvgIpc) is 3.21. The number of aromatic amines is 2. The third kappa shape index (κ3) is 2.15. The number of nitrogens with zero attached hydrogens (tertiary/aromatic N) is 3. The maximum absolute atomic E-state index is 12.4. The van der Waals surface area contributed by atoms with Crippen LogP contribution < -0.4 is 5.32 Å². The van der Waals surface area contributed by atoms with Crippen molar-refractivity contribution in [3.63, 3.8) is 0 Å². The first-order valence-corrected chi connectivity index (χ1v) is 6.99. The number of hydrogen-bond acceptors (Lipinski definition) is 5. The third-order valence-electron chi connectivity index (χ3n) is 3.71. The highest BCUT2D eigenvalue weighted by Gasteiger charge is 2.16. The van der Waals surface area contributed by atoms with Gasteiger partial charge in [0.15, 0.2) is 0 Å². The minimum Gasteiger partial charge on any atom is -0.321 e. The third-order valence-corrected chi connectivity index (χ3v) is 3.71. The Morgan fingerprint density at radius 2 is 1.88 bits per heavy atom. The van der Waals surface area contributed by atoms with Gasteiger partial charge in [0.25, 0.3) is 11.6 Å². The maximum Gasteiger partial charge on any atom is 0.274 e. The molecule has 4 aromatic rings. The van der Waals surface area contributed by atoms with E-state index in [0.29, 0.717) is 22.3 Å². The molecule has 2 heterocycles. The maximum atomic E-state index is 12.4. The van der Waals surface area contributed by atoms with Gasteiger partial charge in [-0.15, -0.1) is 0 Å². The first-order valence-electron chi connectivity index (χ1n) is 6.99. The Balaban J connectivity index is 1.66. The molecular formula is C15H10N6O3. The number of aromatic nitrogens is 4. The smallest absolute Gasteiger partial charge is 0.274 e. The summed E-state index contributed by atoms with van der Waals surface area (Å²) in [5, 5.41) is 28.5. The molecule has 0 saturated heterocycles. The number of nitrogens with one attached hydrogen (secondary N) is 3. The molecule has 0 fully saturated rings. The monoisotopic (exact) mass is 322 g/mol. The van der Waals surface area contributed by atoms with E-state index in [9.17, 15) is 14.9 Å². The molecule has 0 aliphatic heterocycles. The van der Waals surface area contributed by atoms with Gasteiger partial charge in [-0.2, -0.15) is 10.2 Å². The summed E-state index contributed by atoms with van der Waals surface area (Å²) < 4.78 is 0. The van der Waals surface area contributed by atoms with Gasteiger partial charge in [-0.25, -0.2) is 0 Å². The van der Waals surface area contributed by atoms with Crippen LogP contribution in [0, 0.1) is 10.1 Å². The van der Waals surface area contributed by atoms with E-state index in [1.807, 2.05) is 6.07 Å². The van der Waals surface area contributed by atoms with Gasteiger partial charge in [0, 0.05) is 28.6 Å². The van der Waals surface area contributed by atoms with E-state index < -0.39 is 4.92 Å². The van der Waals surface area contributed by atoms with E-state index in [0.717, 1.165) is 10.9 Å². The van der Waals surface area contributed by atoms with Crippen LogP contribution in [0.15, 0.2) is 42.6 Å². The molecule has 0 atom stereocenters. The molecular weight excluding hydrogens is 312 g/mol. The van der Waals surface area contributed by atoms with Crippen molar-refractivity contribution >= 4 is 39.1 Å². The van der Waals surface area contributed by atoms with Crippen LogP contribution in [0.4, 0.5) is 11.4 Å². The largest absolute Gasteiger partial charge is 0.321 e. The number of benzene rings is 2. The first kappa shape index (κ1) is 13.9. The molecule has 0 aliphatic carbocycles. The molecule has 0 saturated carbocycles. The second kappa shape index (κ2) is 5.16. The number of hydrogen-bond donors (Lipinski definition) is 3. The van der Waals surface area contributed by atoms with Gasteiger partial charge in [0.1, 0.15) is 11.2 Å². The number of rotatable bonds is 3. The molecule has 3 N–H and O–H groups in total. The van der Waals surface area contributed by atoms with Crippen LogP contribution in [0.1, 0.15) is 10.5 Å². The van der Waals surface area contributed by atoms with Crippen LogP contribution in [0.3, 0.4) is 0 Å². The van der Waals surface area contributed by atoms with E-state index in [1.54, 1.807) is 12.3 Å². The number of nitro groups is 1. The Morgan fingerprint density at radius 1 is 1.08 bits per heavy atom. The lowest BCUT2D eigenvalue weighted by Gasteiger charge is -2.03. The second-order valence-corrected chi connectivity index (χ2v) is 5.15. The minimum absolute atomic E-state index is 0.0395. The molecule has 4 rings (SSSR count). The number of nitro benzene ring substituents is 1. The first-order chi connectivity index (χ1) is 11.6. The second-order valence-electron chi connectivity index (χ2n) is 5.15. The highest BCUT2D eigenvalue weighted by molar-refractivity contribution is 6.15. The van der Waals surface area contributed by atoms with Gasteiger partial charge in [0.05, 0.1) is 16.6 Å². The van der Waals surface area contributed by atoms with Crippen molar-refractivity contribution in [2.24, 2.45) is 0 Å². The number of H-pyrrole nitrogens is 2. The standard InChI is InChI=1S/C15H10N6O3/c22-15(17-8-1-3-9(4-2-8)21(23)24)14-10-5-6-12-11(7-16-18-12)13(10)19-20-14/h1-7H,(H,16,18)(H,17,22)(H,19,20). The fourth-order valence-electron chi connectivity index (χ4n) is 2.53. The van der Waals surface area contributed by atoms with Crippen molar-refractivity contribution in [1.82, 2.24) is 20.4 Å². The summed E-state index contributed by atoms with van der Waals surface area (Å²) in [7, 11) is 0. The number of amides is 1. The summed E-state index contributed by atoms with van der Waals surface area (Å²) in [5.41, 5.74) is 2.21. The lowest BCUT2D eigenvalue weighted by atomic mass is 10.1. The summed E-state index contributed by atoms with van der Waals surface area (Å²) in [5.74, 6) is -0.380. The Hall–Kier alpha value is -3.75. The van der Waals surface area contributed by atoms with Gasteiger partial charge >= 0.3 is 0 Å². The van der Waals surface area contributed by atoms with E-state index >= 15 is 0 Å². The fraction of sp³-hybridized carbons (Fsp3) is 0. The Kier molecular flexibility index (Phi) is 2.98. The number of carbonyl (C=O) groups is 1. The SMILES string of the molecule is O=C(Nc1ccc([N+](=O)[O-])cc1)c1[nH]nc2c1ccc1[nH]ncc12. The molecule has 2 aromatic carbocycles. The van der Waals surface area contributed by atoms with Gasteiger partial charge in [-0.1, -0.05) is 0 Å². The Labute approximate surface area is 133 Å². The molecule has 0 unspecified atom stereocenters. The highest BCUT2D eigenvalue weighted by Crippen LogP contribution is 2.25. The molecule has 24 heavy (non-hydrogen) atoms. The molecule has 9 heteroatoms. The molecule has 1 amide bonds. The van der Waals surface area contributed by atoms with E-state index in [1.165, 1.54) is 24.3 Å². The molecule has 2 aromatic heterocycles. The van der Waals surface area contributed by atoms with Crippen molar-refractivity contribution in [3.05, 3.63) is 58.4 Å². The molecule has 118 valence electrons. The molecule has 0 radical (unpaired) electrons. The highest BCUT2D eigenvalue weighted by atomic mass is 16.6. The van der Waals surface area contributed by atoms with Crippen LogP contribution in [-0.2, 0) is 0 Å². The lowest BCUT2D eigenvalue weighted by molar-refractivity contribution is -0.384. The van der Waals surface area contributed by atoms with Crippen molar-refractivity contribution < 1.29 is 9.72 Å². The van der Waals surface area contributed by atoms with Crippen molar-refractivity contribution in [2.45, 2.75) is 0 Å².